The van der Waals surface area contributed by atoms with E-state index in [1.807, 2.05) is 49.4 Å². The van der Waals surface area contributed by atoms with E-state index in [2.05, 4.69) is 22.0 Å². The first-order valence-electron chi connectivity index (χ1n) is 12.8. The molecule has 1 atom stereocenters. The van der Waals surface area contributed by atoms with Crippen molar-refractivity contribution in [2.24, 2.45) is 4.99 Å². The van der Waals surface area contributed by atoms with Crippen LogP contribution < -0.4 is 24.5 Å². The van der Waals surface area contributed by atoms with E-state index in [9.17, 15) is 9.59 Å². The molecule has 38 heavy (non-hydrogen) atoms. The molecule has 9 heteroatoms. The average molecular weight is 534 g/mol. The summed E-state index contributed by atoms with van der Waals surface area (Å²) in [5.74, 6) is 0.253. The zero-order chi connectivity index (χ0) is 26.6. The number of benzene rings is 2. The Morgan fingerprint density at radius 2 is 1.79 bits per heavy atom. The van der Waals surface area contributed by atoms with Crippen LogP contribution >= 0.6 is 11.3 Å². The summed E-state index contributed by atoms with van der Waals surface area (Å²) in [4.78, 5) is 34.3. The third kappa shape index (κ3) is 5.16. The highest BCUT2D eigenvalue weighted by atomic mass is 32.1. The Bertz CT molecular complexity index is 1510. The first kappa shape index (κ1) is 25.9. The number of hydrogen-bond donors (Lipinski definition) is 0. The van der Waals surface area contributed by atoms with Crippen molar-refractivity contribution in [3.63, 3.8) is 0 Å². The van der Waals surface area contributed by atoms with Crippen LogP contribution in [0.2, 0.25) is 0 Å². The highest BCUT2D eigenvalue weighted by Crippen LogP contribution is 2.31. The smallest absolute Gasteiger partial charge is 0.338 e. The highest BCUT2D eigenvalue weighted by molar-refractivity contribution is 7.07. The largest absolute Gasteiger partial charge is 0.494 e. The minimum Gasteiger partial charge on any atom is -0.494 e. The predicted molar refractivity (Wildman–Crippen MR) is 147 cm³/mol. The van der Waals surface area contributed by atoms with Crippen molar-refractivity contribution in [3.8, 4) is 5.75 Å². The lowest BCUT2D eigenvalue weighted by molar-refractivity contribution is -0.139. The van der Waals surface area contributed by atoms with Crippen LogP contribution in [0.1, 0.15) is 37.9 Å². The summed E-state index contributed by atoms with van der Waals surface area (Å²) < 4.78 is 18.6. The maximum absolute atomic E-state index is 13.8. The van der Waals surface area contributed by atoms with Gasteiger partial charge in [-0.25, -0.2) is 9.79 Å². The van der Waals surface area contributed by atoms with Gasteiger partial charge >= 0.3 is 5.97 Å². The second-order valence-electron chi connectivity index (χ2n) is 9.00. The molecule has 198 valence electrons. The van der Waals surface area contributed by atoms with Crippen molar-refractivity contribution >= 4 is 29.1 Å². The Hall–Kier alpha value is -3.69. The third-order valence-corrected chi connectivity index (χ3v) is 7.57. The van der Waals surface area contributed by atoms with Gasteiger partial charge in [0.2, 0.25) is 0 Å². The second-order valence-corrected chi connectivity index (χ2v) is 10.0. The van der Waals surface area contributed by atoms with Gasteiger partial charge in [-0.3, -0.25) is 9.36 Å². The van der Waals surface area contributed by atoms with Crippen molar-refractivity contribution in [1.29, 1.82) is 0 Å². The van der Waals surface area contributed by atoms with Gasteiger partial charge in [0.1, 0.15) is 5.75 Å². The van der Waals surface area contributed by atoms with Crippen LogP contribution in [0.4, 0.5) is 5.69 Å². The fraction of sp³-hybridized carbons (Fsp3) is 0.345. The number of nitrogens with zero attached hydrogens (tertiary/aromatic N) is 3. The number of hydrogen-bond acceptors (Lipinski definition) is 8. The summed E-state index contributed by atoms with van der Waals surface area (Å²) in [6.07, 6.45) is 1.88. The van der Waals surface area contributed by atoms with Crippen LogP contribution in [-0.4, -0.2) is 50.1 Å². The molecule has 2 aliphatic rings. The van der Waals surface area contributed by atoms with E-state index in [0.29, 0.717) is 27.2 Å². The van der Waals surface area contributed by atoms with Crippen molar-refractivity contribution in [1.82, 2.24) is 4.57 Å². The molecular weight excluding hydrogens is 502 g/mol. The summed E-state index contributed by atoms with van der Waals surface area (Å²) in [6, 6.07) is 15.0. The number of morpholine rings is 1. The molecule has 1 unspecified atom stereocenters. The number of thiazole rings is 1. The Balaban J connectivity index is 1.56. The van der Waals surface area contributed by atoms with Gasteiger partial charge in [-0.2, -0.15) is 0 Å². The van der Waals surface area contributed by atoms with E-state index < -0.39 is 12.0 Å². The van der Waals surface area contributed by atoms with Gasteiger partial charge in [0.15, 0.2) is 4.80 Å². The number of rotatable bonds is 7. The lowest BCUT2D eigenvalue weighted by Crippen LogP contribution is -2.39. The average Bonchev–Trinajstić information content (AvgIpc) is 3.23. The number of carbonyl (C=O) groups is 1. The highest BCUT2D eigenvalue weighted by Gasteiger charge is 2.33. The van der Waals surface area contributed by atoms with Crippen LogP contribution in [0.15, 0.2) is 69.6 Å². The summed E-state index contributed by atoms with van der Waals surface area (Å²) in [5, 5.41) is 0. The number of allylic oxidation sites excluding steroid dienone is 1. The fourth-order valence-electron chi connectivity index (χ4n) is 4.77. The van der Waals surface area contributed by atoms with Gasteiger partial charge in [-0.05, 0) is 62.2 Å². The van der Waals surface area contributed by atoms with Crippen LogP contribution in [0.5, 0.6) is 5.75 Å². The van der Waals surface area contributed by atoms with Crippen molar-refractivity contribution in [3.05, 3.63) is 90.6 Å². The summed E-state index contributed by atoms with van der Waals surface area (Å²) in [6.45, 7) is 9.45. The van der Waals surface area contributed by atoms with E-state index in [4.69, 9.17) is 14.2 Å². The van der Waals surface area contributed by atoms with Crippen molar-refractivity contribution in [2.45, 2.75) is 26.8 Å². The quantitative estimate of drug-likeness (QED) is 0.435. The molecule has 0 amide bonds. The van der Waals surface area contributed by atoms with E-state index >= 15 is 0 Å². The van der Waals surface area contributed by atoms with Crippen LogP contribution in [0.3, 0.4) is 0 Å². The number of ether oxygens (including phenoxy) is 3. The second kappa shape index (κ2) is 11.4. The molecule has 1 aromatic heterocycles. The lowest BCUT2D eigenvalue weighted by atomic mass is 9.96. The number of fused-ring (bicyclic) bond motifs is 1. The van der Waals surface area contributed by atoms with Crippen LogP contribution in [0, 0.1) is 0 Å². The Labute approximate surface area is 225 Å². The van der Waals surface area contributed by atoms with Gasteiger partial charge < -0.3 is 19.1 Å². The molecule has 0 saturated carbocycles. The molecule has 0 radical (unpaired) electrons. The maximum atomic E-state index is 13.8. The molecule has 8 nitrogen and oxygen atoms in total. The Kier molecular flexibility index (Phi) is 7.76. The van der Waals surface area contributed by atoms with Crippen LogP contribution in [0.25, 0.3) is 6.08 Å². The molecule has 0 spiro atoms. The predicted octanol–water partition coefficient (Wildman–Crippen LogP) is 3.03. The van der Waals surface area contributed by atoms with Gasteiger partial charge in [0, 0.05) is 18.8 Å². The Morgan fingerprint density at radius 1 is 1.08 bits per heavy atom. The van der Waals surface area contributed by atoms with Gasteiger partial charge in [-0.1, -0.05) is 35.6 Å². The number of carbonyl (C=O) groups excluding carboxylic acids is 1. The molecule has 1 fully saturated rings. The van der Waals surface area contributed by atoms with Gasteiger partial charge in [0.25, 0.3) is 5.56 Å². The summed E-state index contributed by atoms with van der Waals surface area (Å²) >= 11 is 1.32. The van der Waals surface area contributed by atoms with E-state index in [1.54, 1.807) is 18.4 Å². The van der Waals surface area contributed by atoms with E-state index in [0.717, 1.165) is 48.9 Å². The topological polar surface area (TPSA) is 82.4 Å². The summed E-state index contributed by atoms with van der Waals surface area (Å²) in [5.41, 5.74) is 3.56. The van der Waals surface area contributed by atoms with Crippen LogP contribution in [-0.2, 0) is 14.3 Å². The van der Waals surface area contributed by atoms with Crippen molar-refractivity contribution < 1.29 is 19.0 Å². The first-order chi connectivity index (χ1) is 18.5. The fourth-order valence-corrected chi connectivity index (χ4v) is 5.82. The molecule has 5 rings (SSSR count). The van der Waals surface area contributed by atoms with Gasteiger partial charge in [0.05, 0.1) is 48.3 Å². The number of esters is 1. The lowest BCUT2D eigenvalue weighted by Gasteiger charge is -2.28. The molecule has 3 aromatic rings. The molecular formula is C29H31N3O5S. The SMILES string of the molecule is CCOC(=O)C1=C(C)N=c2s/c(=C\c3ccc(N4CCOCC4)cc3)c(=O)n2C1c1ccc(OCC)cc1. The number of aromatic nitrogens is 1. The zero-order valence-corrected chi connectivity index (χ0v) is 22.6. The molecule has 2 aliphatic heterocycles. The molecule has 2 aromatic carbocycles. The zero-order valence-electron chi connectivity index (χ0n) is 21.8. The molecule has 1 saturated heterocycles. The maximum Gasteiger partial charge on any atom is 0.338 e. The summed E-state index contributed by atoms with van der Waals surface area (Å²) in [7, 11) is 0. The molecule has 0 bridgehead atoms. The minimum atomic E-state index is -0.646. The monoisotopic (exact) mass is 533 g/mol. The number of anilines is 1. The van der Waals surface area contributed by atoms with Gasteiger partial charge in [-0.15, -0.1) is 0 Å². The van der Waals surface area contributed by atoms with Crippen molar-refractivity contribution in [2.75, 3.05) is 44.4 Å². The standard InChI is InChI=1S/C29H31N3O5S/c1-4-36-23-12-8-21(9-13-23)26-25(28(34)37-5-2)19(3)30-29-32(26)27(33)24(38-29)18-20-6-10-22(11-7-20)31-14-16-35-17-15-31/h6-13,18,26H,4-5,14-17H2,1-3H3/b24-18-. The normalized spacial score (nSPS) is 17.7. The molecule has 0 aliphatic carbocycles. The molecule has 3 heterocycles. The Morgan fingerprint density at radius 3 is 2.45 bits per heavy atom. The molecule has 0 N–H and O–H groups in total. The minimum absolute atomic E-state index is 0.195. The first-order valence-corrected chi connectivity index (χ1v) is 13.7. The van der Waals surface area contributed by atoms with E-state index in [1.165, 1.54) is 11.3 Å². The third-order valence-electron chi connectivity index (χ3n) is 6.59. The van der Waals surface area contributed by atoms with E-state index in [-0.39, 0.29) is 12.2 Å².